The SMILES string of the molecule is Cc1cc(F)ccc1NS(=O)(=O)c1cccc([N+](=O)[O-])c1. The van der Waals surface area contributed by atoms with Gasteiger partial charge in [-0.3, -0.25) is 14.8 Å². The molecule has 0 aliphatic rings. The number of nitro groups is 1. The van der Waals surface area contributed by atoms with E-state index in [0.29, 0.717) is 5.56 Å². The normalized spacial score (nSPS) is 11.1. The topological polar surface area (TPSA) is 89.3 Å². The van der Waals surface area contributed by atoms with Crippen molar-refractivity contribution >= 4 is 21.4 Å². The first-order valence-corrected chi connectivity index (χ1v) is 7.31. The van der Waals surface area contributed by atoms with E-state index < -0.39 is 20.8 Å². The Balaban J connectivity index is 2.38. The molecule has 2 aromatic rings. The quantitative estimate of drug-likeness (QED) is 0.694. The first kappa shape index (κ1) is 14.9. The summed E-state index contributed by atoms with van der Waals surface area (Å²) in [5, 5.41) is 10.7. The molecule has 0 heterocycles. The van der Waals surface area contributed by atoms with E-state index in [-0.39, 0.29) is 16.3 Å². The number of hydrogen-bond donors (Lipinski definition) is 1. The minimum absolute atomic E-state index is 0.211. The lowest BCUT2D eigenvalue weighted by Crippen LogP contribution is -2.14. The summed E-state index contributed by atoms with van der Waals surface area (Å²) in [6.07, 6.45) is 0. The summed E-state index contributed by atoms with van der Waals surface area (Å²) in [6, 6.07) is 8.28. The Labute approximate surface area is 120 Å². The van der Waals surface area contributed by atoms with Crippen LogP contribution in [0.15, 0.2) is 47.4 Å². The van der Waals surface area contributed by atoms with Crippen LogP contribution >= 0.6 is 0 Å². The Morgan fingerprint density at radius 1 is 1.19 bits per heavy atom. The lowest BCUT2D eigenvalue weighted by atomic mass is 10.2. The molecule has 0 amide bonds. The molecule has 2 rings (SSSR count). The summed E-state index contributed by atoms with van der Waals surface area (Å²) >= 11 is 0. The van der Waals surface area contributed by atoms with Crippen LogP contribution in [0.3, 0.4) is 0 Å². The largest absolute Gasteiger partial charge is 0.279 e. The lowest BCUT2D eigenvalue weighted by molar-refractivity contribution is -0.385. The van der Waals surface area contributed by atoms with Gasteiger partial charge >= 0.3 is 0 Å². The fourth-order valence-corrected chi connectivity index (χ4v) is 2.88. The van der Waals surface area contributed by atoms with E-state index in [1.54, 1.807) is 6.92 Å². The molecule has 0 atom stereocenters. The first-order chi connectivity index (χ1) is 9.79. The van der Waals surface area contributed by atoms with Gasteiger partial charge in [0.15, 0.2) is 0 Å². The Kier molecular flexibility index (Phi) is 3.90. The van der Waals surface area contributed by atoms with Crippen molar-refractivity contribution in [1.82, 2.24) is 0 Å². The van der Waals surface area contributed by atoms with E-state index in [1.165, 1.54) is 30.3 Å². The number of rotatable bonds is 4. The Morgan fingerprint density at radius 3 is 2.52 bits per heavy atom. The van der Waals surface area contributed by atoms with Crippen LogP contribution in [0.25, 0.3) is 0 Å². The molecule has 0 bridgehead atoms. The average molecular weight is 310 g/mol. The maximum atomic E-state index is 13.0. The number of benzene rings is 2. The molecule has 2 aromatic carbocycles. The van der Waals surface area contributed by atoms with Gasteiger partial charge in [-0.2, -0.15) is 0 Å². The summed E-state index contributed by atoms with van der Waals surface area (Å²) in [4.78, 5) is 9.76. The van der Waals surface area contributed by atoms with E-state index in [1.807, 2.05) is 0 Å². The standard InChI is InChI=1S/C13H11FN2O4S/c1-9-7-10(14)5-6-13(9)15-21(19,20)12-4-2-3-11(8-12)16(17)18/h2-8,15H,1H3. The van der Waals surface area contributed by atoms with Gasteiger partial charge in [-0.1, -0.05) is 6.07 Å². The van der Waals surface area contributed by atoms with Crippen molar-refractivity contribution in [3.63, 3.8) is 0 Å². The molecule has 0 saturated heterocycles. The highest BCUT2D eigenvalue weighted by Gasteiger charge is 2.18. The zero-order chi connectivity index (χ0) is 15.6. The third-order valence-corrected chi connectivity index (χ3v) is 4.13. The molecule has 6 nitrogen and oxygen atoms in total. The van der Waals surface area contributed by atoms with Gasteiger partial charge < -0.3 is 0 Å². The zero-order valence-electron chi connectivity index (χ0n) is 10.9. The Bertz CT molecular complexity index is 806. The van der Waals surface area contributed by atoms with Gasteiger partial charge in [-0.05, 0) is 36.8 Å². The number of hydrogen-bond acceptors (Lipinski definition) is 4. The second-order valence-electron chi connectivity index (χ2n) is 4.32. The number of aryl methyl sites for hydroxylation is 1. The summed E-state index contributed by atoms with van der Waals surface area (Å²) in [5.41, 5.74) is 0.292. The summed E-state index contributed by atoms with van der Waals surface area (Å²) in [7, 11) is -3.98. The summed E-state index contributed by atoms with van der Waals surface area (Å²) < 4.78 is 39.6. The van der Waals surface area contributed by atoms with Gasteiger partial charge in [0.2, 0.25) is 0 Å². The van der Waals surface area contributed by atoms with Crippen molar-refractivity contribution in [2.75, 3.05) is 4.72 Å². The van der Waals surface area contributed by atoms with E-state index in [0.717, 1.165) is 12.1 Å². The van der Waals surface area contributed by atoms with Gasteiger partial charge in [-0.15, -0.1) is 0 Å². The third kappa shape index (κ3) is 3.34. The Hall–Kier alpha value is -2.48. The van der Waals surface area contributed by atoms with Crippen molar-refractivity contribution in [1.29, 1.82) is 0 Å². The van der Waals surface area contributed by atoms with E-state index in [2.05, 4.69) is 4.72 Å². The van der Waals surface area contributed by atoms with Crippen LogP contribution in [0, 0.1) is 22.9 Å². The predicted octanol–water partition coefficient (Wildman–Crippen LogP) is 2.84. The number of nitro benzene ring substituents is 1. The molecule has 21 heavy (non-hydrogen) atoms. The van der Waals surface area contributed by atoms with Crippen molar-refractivity contribution in [2.24, 2.45) is 0 Å². The molecule has 0 spiro atoms. The number of halogens is 1. The first-order valence-electron chi connectivity index (χ1n) is 5.83. The van der Waals surface area contributed by atoms with Gasteiger partial charge in [-0.25, -0.2) is 12.8 Å². The maximum Gasteiger partial charge on any atom is 0.270 e. The summed E-state index contributed by atoms with van der Waals surface area (Å²) in [5.74, 6) is -0.481. The van der Waals surface area contributed by atoms with Gasteiger partial charge in [0.05, 0.1) is 15.5 Å². The van der Waals surface area contributed by atoms with Crippen LogP contribution in [0.1, 0.15) is 5.56 Å². The molecule has 0 aliphatic carbocycles. The smallest absolute Gasteiger partial charge is 0.270 e. The van der Waals surface area contributed by atoms with Gasteiger partial charge in [0.1, 0.15) is 5.82 Å². The zero-order valence-corrected chi connectivity index (χ0v) is 11.7. The Morgan fingerprint density at radius 2 is 1.90 bits per heavy atom. The minimum Gasteiger partial charge on any atom is -0.279 e. The molecular weight excluding hydrogens is 299 g/mol. The molecule has 0 saturated carbocycles. The van der Waals surface area contributed by atoms with Crippen LogP contribution < -0.4 is 4.72 Å². The number of anilines is 1. The van der Waals surface area contributed by atoms with E-state index in [4.69, 9.17) is 0 Å². The average Bonchev–Trinajstić information content (AvgIpc) is 2.42. The van der Waals surface area contributed by atoms with Crippen LogP contribution in [0.4, 0.5) is 15.8 Å². The number of nitrogens with one attached hydrogen (secondary N) is 1. The second-order valence-corrected chi connectivity index (χ2v) is 6.00. The fraction of sp³-hybridized carbons (Fsp3) is 0.0769. The summed E-state index contributed by atoms with van der Waals surface area (Å²) in [6.45, 7) is 1.55. The third-order valence-electron chi connectivity index (χ3n) is 2.77. The van der Waals surface area contributed by atoms with Gasteiger partial charge in [0.25, 0.3) is 15.7 Å². The highest BCUT2D eigenvalue weighted by molar-refractivity contribution is 7.92. The van der Waals surface area contributed by atoms with Crippen LogP contribution in [0.2, 0.25) is 0 Å². The van der Waals surface area contributed by atoms with Crippen LogP contribution in [-0.2, 0) is 10.0 Å². The molecule has 110 valence electrons. The molecular formula is C13H11FN2O4S. The van der Waals surface area contributed by atoms with Gasteiger partial charge in [0, 0.05) is 12.1 Å². The molecule has 0 aromatic heterocycles. The maximum absolute atomic E-state index is 13.0. The molecule has 1 N–H and O–H groups in total. The highest BCUT2D eigenvalue weighted by atomic mass is 32.2. The highest BCUT2D eigenvalue weighted by Crippen LogP contribution is 2.22. The monoisotopic (exact) mass is 310 g/mol. The lowest BCUT2D eigenvalue weighted by Gasteiger charge is -2.10. The van der Waals surface area contributed by atoms with Crippen molar-refractivity contribution < 1.29 is 17.7 Å². The second kappa shape index (κ2) is 5.49. The van der Waals surface area contributed by atoms with Crippen LogP contribution in [-0.4, -0.2) is 13.3 Å². The molecule has 0 unspecified atom stereocenters. The molecule has 8 heteroatoms. The molecule has 0 aliphatic heterocycles. The van der Waals surface area contributed by atoms with E-state index >= 15 is 0 Å². The molecule has 0 radical (unpaired) electrons. The fourth-order valence-electron chi connectivity index (χ4n) is 1.71. The van der Waals surface area contributed by atoms with Crippen LogP contribution in [0.5, 0.6) is 0 Å². The predicted molar refractivity (Wildman–Crippen MR) is 75.0 cm³/mol. The van der Waals surface area contributed by atoms with E-state index in [9.17, 15) is 22.9 Å². The number of sulfonamides is 1. The minimum atomic E-state index is -3.98. The number of nitrogens with zero attached hydrogens (tertiary/aromatic N) is 1. The van der Waals surface area contributed by atoms with Crippen molar-refractivity contribution in [3.8, 4) is 0 Å². The van der Waals surface area contributed by atoms with Crippen molar-refractivity contribution in [2.45, 2.75) is 11.8 Å². The van der Waals surface area contributed by atoms with Crippen molar-refractivity contribution in [3.05, 3.63) is 64.0 Å². The number of non-ortho nitro benzene ring substituents is 1. The molecule has 0 fully saturated rings.